The second-order valence-corrected chi connectivity index (χ2v) is 4.22. The van der Waals surface area contributed by atoms with E-state index in [2.05, 4.69) is 55.7 Å². The molecule has 1 aromatic carbocycles. The van der Waals surface area contributed by atoms with Gasteiger partial charge in [0.15, 0.2) is 0 Å². The molecule has 1 unspecified atom stereocenters. The highest BCUT2D eigenvalue weighted by atomic mass is 15.3. The maximum absolute atomic E-state index is 4.12. The van der Waals surface area contributed by atoms with E-state index in [1.165, 1.54) is 11.3 Å². The summed E-state index contributed by atoms with van der Waals surface area (Å²) in [5.41, 5.74) is 2.67. The van der Waals surface area contributed by atoms with Gasteiger partial charge in [-0.1, -0.05) is 50.8 Å². The maximum Gasteiger partial charge on any atom is 0.0715 e. The molecule has 1 aromatic rings. The average Bonchev–Trinajstić information content (AvgIpc) is 2.97. The van der Waals surface area contributed by atoms with Gasteiger partial charge in [0.25, 0.3) is 0 Å². The molecule has 0 amide bonds. The van der Waals surface area contributed by atoms with Crippen LogP contribution in [0.2, 0.25) is 0 Å². The third kappa shape index (κ3) is 1.67. The van der Waals surface area contributed by atoms with Gasteiger partial charge >= 0.3 is 0 Å². The van der Waals surface area contributed by atoms with Gasteiger partial charge in [-0.15, -0.1) is 0 Å². The molecule has 1 aliphatic rings. The molecular formula is C13H17N. The van der Waals surface area contributed by atoms with Crippen LogP contribution in [-0.2, 0) is 0 Å². The normalized spacial score (nSPS) is 19.9. The lowest BCUT2D eigenvalue weighted by Gasteiger charge is -2.12. The summed E-state index contributed by atoms with van der Waals surface area (Å²) in [5, 5.41) is 0. The van der Waals surface area contributed by atoms with Gasteiger partial charge in [-0.2, -0.15) is 0 Å². The molecule has 0 aliphatic carbocycles. The first kappa shape index (κ1) is 9.32. The number of rotatable bonds is 3. The molecule has 1 nitrogen and oxygen atoms in total. The van der Waals surface area contributed by atoms with Crippen LogP contribution in [0.1, 0.15) is 25.5 Å². The minimum absolute atomic E-state index is 0.559. The number of benzene rings is 1. The number of hydrogen-bond donors (Lipinski definition) is 0. The van der Waals surface area contributed by atoms with E-state index < -0.39 is 0 Å². The smallest absolute Gasteiger partial charge is 0.0715 e. The third-order valence-corrected chi connectivity index (χ3v) is 2.83. The van der Waals surface area contributed by atoms with Crippen LogP contribution in [-0.4, -0.2) is 11.4 Å². The van der Waals surface area contributed by atoms with Gasteiger partial charge in [0.1, 0.15) is 0 Å². The van der Waals surface area contributed by atoms with Crippen molar-refractivity contribution in [3.05, 3.63) is 48.2 Å². The van der Waals surface area contributed by atoms with E-state index in [4.69, 9.17) is 0 Å². The summed E-state index contributed by atoms with van der Waals surface area (Å²) in [4.78, 5) is 2.38. The fraction of sp³-hybridized carbons (Fsp3) is 0.385. The van der Waals surface area contributed by atoms with Crippen LogP contribution in [0.15, 0.2) is 42.6 Å². The van der Waals surface area contributed by atoms with Gasteiger partial charge < -0.3 is 4.90 Å². The second kappa shape index (κ2) is 3.49. The molecule has 1 saturated heterocycles. The van der Waals surface area contributed by atoms with Crippen LogP contribution < -0.4 is 0 Å². The Hall–Kier alpha value is -1.24. The molecule has 1 atom stereocenters. The summed E-state index contributed by atoms with van der Waals surface area (Å²) in [7, 11) is 0. The van der Waals surface area contributed by atoms with Crippen molar-refractivity contribution < 1.29 is 0 Å². The Morgan fingerprint density at radius 3 is 2.57 bits per heavy atom. The predicted molar refractivity (Wildman–Crippen MR) is 59.9 cm³/mol. The molecule has 0 bridgehead atoms. The van der Waals surface area contributed by atoms with Crippen LogP contribution in [0.5, 0.6) is 0 Å². The van der Waals surface area contributed by atoms with E-state index in [0.29, 0.717) is 12.0 Å². The summed E-state index contributed by atoms with van der Waals surface area (Å²) in [5.74, 6) is 0.559. The van der Waals surface area contributed by atoms with Crippen molar-refractivity contribution in [2.75, 3.05) is 6.54 Å². The van der Waals surface area contributed by atoms with E-state index in [0.717, 1.165) is 6.54 Å². The second-order valence-electron chi connectivity index (χ2n) is 4.22. The molecule has 1 heteroatoms. The Balaban J connectivity index is 2.03. The number of hydrogen-bond acceptors (Lipinski definition) is 1. The largest absolute Gasteiger partial charge is 0.364 e. The zero-order chi connectivity index (χ0) is 10.1. The van der Waals surface area contributed by atoms with Crippen molar-refractivity contribution in [2.24, 2.45) is 5.92 Å². The van der Waals surface area contributed by atoms with Crippen LogP contribution in [0.4, 0.5) is 0 Å². The zero-order valence-corrected chi connectivity index (χ0v) is 8.90. The van der Waals surface area contributed by atoms with Crippen LogP contribution in [0.25, 0.3) is 0 Å². The quantitative estimate of drug-likeness (QED) is 0.657. The van der Waals surface area contributed by atoms with Gasteiger partial charge in [0.2, 0.25) is 0 Å². The molecule has 0 saturated carbocycles. The molecule has 0 spiro atoms. The summed E-state index contributed by atoms with van der Waals surface area (Å²) in [6.45, 7) is 9.65. The molecule has 1 fully saturated rings. The van der Waals surface area contributed by atoms with Crippen LogP contribution >= 0.6 is 0 Å². The van der Waals surface area contributed by atoms with Gasteiger partial charge in [0.05, 0.1) is 6.04 Å². The third-order valence-electron chi connectivity index (χ3n) is 2.83. The predicted octanol–water partition coefficient (Wildman–Crippen LogP) is 3.21. The molecule has 1 aliphatic heterocycles. The van der Waals surface area contributed by atoms with E-state index in [9.17, 15) is 0 Å². The van der Waals surface area contributed by atoms with Crippen LogP contribution in [0, 0.1) is 5.92 Å². The molecule has 0 radical (unpaired) electrons. The van der Waals surface area contributed by atoms with Crippen LogP contribution in [0.3, 0.4) is 0 Å². The molecule has 74 valence electrons. The molecule has 2 rings (SSSR count). The molecule has 0 N–H and O–H groups in total. The van der Waals surface area contributed by atoms with Gasteiger partial charge in [-0.25, -0.2) is 0 Å². The Labute approximate surface area is 86.1 Å². The Morgan fingerprint density at radius 1 is 1.36 bits per heavy atom. The zero-order valence-electron chi connectivity index (χ0n) is 8.90. The van der Waals surface area contributed by atoms with Crippen molar-refractivity contribution in [3.8, 4) is 0 Å². The highest BCUT2D eigenvalue weighted by molar-refractivity contribution is 5.27. The monoisotopic (exact) mass is 187 g/mol. The number of nitrogens with zero attached hydrogens (tertiary/aromatic N) is 1. The average molecular weight is 187 g/mol. The van der Waals surface area contributed by atoms with Crippen molar-refractivity contribution in [3.63, 3.8) is 0 Å². The fourth-order valence-corrected chi connectivity index (χ4v) is 1.75. The maximum atomic E-state index is 4.12. The van der Waals surface area contributed by atoms with E-state index in [1.54, 1.807) is 0 Å². The standard InChI is InChI=1S/C13H17N/c1-10(2)11(3)14-9-13(14)12-7-5-4-6-8-12/h4-8,10,13H,3,9H2,1-2H3. The first-order chi connectivity index (χ1) is 6.70. The van der Waals surface area contributed by atoms with E-state index >= 15 is 0 Å². The lowest BCUT2D eigenvalue weighted by atomic mass is 10.1. The fourth-order valence-electron chi connectivity index (χ4n) is 1.75. The van der Waals surface area contributed by atoms with Crippen molar-refractivity contribution in [1.82, 2.24) is 4.90 Å². The van der Waals surface area contributed by atoms with Crippen molar-refractivity contribution in [2.45, 2.75) is 19.9 Å². The Kier molecular flexibility index (Phi) is 2.32. The topological polar surface area (TPSA) is 3.01 Å². The van der Waals surface area contributed by atoms with E-state index in [-0.39, 0.29) is 0 Å². The molecular weight excluding hydrogens is 170 g/mol. The molecule has 14 heavy (non-hydrogen) atoms. The van der Waals surface area contributed by atoms with Gasteiger partial charge in [0, 0.05) is 12.2 Å². The first-order valence-electron chi connectivity index (χ1n) is 5.20. The highest BCUT2D eigenvalue weighted by Gasteiger charge is 2.36. The van der Waals surface area contributed by atoms with Gasteiger partial charge in [-0.05, 0) is 11.5 Å². The molecule has 1 heterocycles. The summed E-state index contributed by atoms with van der Waals surface area (Å²) in [6, 6.07) is 11.2. The lowest BCUT2D eigenvalue weighted by molar-refractivity contribution is 0.537. The lowest BCUT2D eigenvalue weighted by Crippen LogP contribution is -2.03. The summed E-state index contributed by atoms with van der Waals surface area (Å²) >= 11 is 0. The van der Waals surface area contributed by atoms with Crippen molar-refractivity contribution >= 4 is 0 Å². The minimum Gasteiger partial charge on any atom is -0.364 e. The number of allylic oxidation sites excluding steroid dienone is 1. The highest BCUT2D eigenvalue weighted by Crippen LogP contribution is 2.39. The van der Waals surface area contributed by atoms with E-state index in [1.807, 2.05) is 0 Å². The Bertz CT molecular complexity index is 326. The molecule has 0 aromatic heterocycles. The van der Waals surface area contributed by atoms with Gasteiger partial charge in [-0.3, -0.25) is 0 Å². The first-order valence-corrected chi connectivity index (χ1v) is 5.20. The summed E-state index contributed by atoms with van der Waals surface area (Å²) in [6.07, 6.45) is 0. The summed E-state index contributed by atoms with van der Waals surface area (Å²) < 4.78 is 0. The SMILES string of the molecule is C=C(C(C)C)N1CC1c1ccccc1. The van der Waals surface area contributed by atoms with Crippen molar-refractivity contribution in [1.29, 1.82) is 0 Å². The Morgan fingerprint density at radius 2 is 2.00 bits per heavy atom. The minimum atomic E-state index is 0.559.